The van der Waals surface area contributed by atoms with Gasteiger partial charge in [-0.15, -0.1) is 0 Å². The highest BCUT2D eigenvalue weighted by Gasteiger charge is 2.50. The van der Waals surface area contributed by atoms with Crippen molar-refractivity contribution in [2.75, 3.05) is 13.2 Å². The minimum absolute atomic E-state index is 1.04. The Labute approximate surface area is 175 Å². The average Bonchev–Trinajstić information content (AvgIpc) is 2.64. The van der Waals surface area contributed by atoms with E-state index in [1.165, 1.54) is 0 Å². The van der Waals surface area contributed by atoms with Gasteiger partial charge in [-0.3, -0.25) is 9.11 Å². The van der Waals surface area contributed by atoms with Crippen LogP contribution in [-0.2, 0) is 43.4 Å². The third-order valence-electron chi connectivity index (χ3n) is 4.38. The predicted molar refractivity (Wildman–Crippen MR) is 89.4 cm³/mol. The van der Waals surface area contributed by atoms with Crippen LogP contribution in [0.5, 0.6) is 0 Å². The third-order valence-corrected chi connectivity index (χ3v) is 5.25. The monoisotopic (exact) mass is 502 g/mol. The summed E-state index contributed by atoms with van der Waals surface area (Å²) in [4.78, 5) is 0. The Morgan fingerprint density at radius 2 is 1.16 bits per heavy atom. The first-order valence-corrected chi connectivity index (χ1v) is 11.1. The molecule has 19 heteroatoms. The Morgan fingerprint density at radius 1 is 0.645 bits per heavy atom. The standard InChI is InChI=1S/C12H22O17S2/c13-5-3(1-25-30(19,20)21)28-12(9(17)6(5)14)29-10-4(2-26-31(22,23)24)27-11(18)8(16)7(10)15/h3-18H,1-2H2,(H,19,20,21)(H,22,23,24)/t3-,4-,5+,6+,7-,8-,9-,10-,11?,12+/m1/s1. The highest BCUT2D eigenvalue weighted by molar-refractivity contribution is 7.81. The zero-order valence-corrected chi connectivity index (χ0v) is 16.9. The van der Waals surface area contributed by atoms with Crippen LogP contribution in [0.3, 0.4) is 0 Å². The first kappa shape index (κ1) is 26.6. The molecule has 0 aliphatic carbocycles. The largest absolute Gasteiger partial charge is 0.397 e. The number of hydrogen-bond donors (Lipinski definition) is 8. The molecule has 0 bridgehead atoms. The molecule has 2 saturated heterocycles. The lowest BCUT2D eigenvalue weighted by Crippen LogP contribution is -2.64. The molecule has 184 valence electrons. The topological polar surface area (TPSA) is 276 Å². The summed E-state index contributed by atoms with van der Waals surface area (Å²) in [6.45, 7) is -2.09. The molecule has 17 nitrogen and oxygen atoms in total. The summed E-state index contributed by atoms with van der Waals surface area (Å²) in [5, 5.41) is 59.4. The van der Waals surface area contributed by atoms with Crippen LogP contribution in [0, 0.1) is 0 Å². The second-order valence-electron chi connectivity index (χ2n) is 6.59. The smallest absolute Gasteiger partial charge is 0.387 e. The van der Waals surface area contributed by atoms with Crippen molar-refractivity contribution in [3.05, 3.63) is 0 Å². The van der Waals surface area contributed by atoms with Crippen molar-refractivity contribution in [2.45, 2.75) is 61.4 Å². The highest BCUT2D eigenvalue weighted by Crippen LogP contribution is 2.29. The Bertz CT molecular complexity index is 800. The Morgan fingerprint density at radius 3 is 1.68 bits per heavy atom. The van der Waals surface area contributed by atoms with E-state index in [1.54, 1.807) is 0 Å². The van der Waals surface area contributed by atoms with Crippen LogP contribution in [-0.4, -0.2) is 131 Å². The van der Waals surface area contributed by atoms with Gasteiger partial charge in [-0.25, -0.2) is 8.37 Å². The summed E-state index contributed by atoms with van der Waals surface area (Å²) in [6, 6.07) is 0. The van der Waals surface area contributed by atoms with Gasteiger partial charge < -0.3 is 44.8 Å². The molecule has 1 unspecified atom stereocenters. The van der Waals surface area contributed by atoms with Crippen molar-refractivity contribution in [3.63, 3.8) is 0 Å². The number of aliphatic hydroxyl groups is 6. The lowest BCUT2D eigenvalue weighted by Gasteiger charge is -2.45. The van der Waals surface area contributed by atoms with E-state index in [4.69, 9.17) is 23.3 Å². The van der Waals surface area contributed by atoms with Crippen LogP contribution in [0.15, 0.2) is 0 Å². The number of ether oxygens (including phenoxy) is 3. The van der Waals surface area contributed by atoms with Crippen molar-refractivity contribution < 1.29 is 79.2 Å². The van der Waals surface area contributed by atoms with Crippen molar-refractivity contribution >= 4 is 20.8 Å². The second-order valence-corrected chi connectivity index (χ2v) is 8.77. The lowest BCUT2D eigenvalue weighted by molar-refractivity contribution is -0.354. The molecule has 0 radical (unpaired) electrons. The van der Waals surface area contributed by atoms with E-state index in [0.29, 0.717) is 0 Å². The maximum absolute atomic E-state index is 10.8. The second kappa shape index (κ2) is 10.1. The van der Waals surface area contributed by atoms with Gasteiger partial charge in [0, 0.05) is 0 Å². The Balaban J connectivity index is 2.19. The van der Waals surface area contributed by atoms with Crippen LogP contribution >= 0.6 is 0 Å². The van der Waals surface area contributed by atoms with E-state index in [1.807, 2.05) is 0 Å². The zero-order chi connectivity index (χ0) is 23.7. The summed E-state index contributed by atoms with van der Waals surface area (Å²) >= 11 is 0. The molecule has 0 saturated carbocycles. The van der Waals surface area contributed by atoms with E-state index in [2.05, 4.69) is 8.37 Å². The van der Waals surface area contributed by atoms with E-state index in [0.717, 1.165) is 0 Å². The molecular formula is C12H22O17S2. The molecule has 2 aliphatic heterocycles. The third kappa shape index (κ3) is 7.18. The van der Waals surface area contributed by atoms with Gasteiger partial charge in [-0.2, -0.15) is 16.8 Å². The van der Waals surface area contributed by atoms with Crippen molar-refractivity contribution in [2.24, 2.45) is 0 Å². The minimum atomic E-state index is -5.00. The Kier molecular flexibility index (Phi) is 8.68. The highest BCUT2D eigenvalue weighted by atomic mass is 32.3. The zero-order valence-electron chi connectivity index (χ0n) is 15.3. The molecule has 2 aliphatic rings. The maximum Gasteiger partial charge on any atom is 0.397 e. The molecule has 0 amide bonds. The van der Waals surface area contributed by atoms with Gasteiger partial charge in [-0.1, -0.05) is 0 Å². The fraction of sp³-hybridized carbons (Fsp3) is 1.00. The molecule has 8 N–H and O–H groups in total. The first-order valence-electron chi connectivity index (χ1n) is 8.39. The van der Waals surface area contributed by atoms with Gasteiger partial charge in [0.1, 0.15) is 48.8 Å². The van der Waals surface area contributed by atoms with Crippen molar-refractivity contribution in [1.82, 2.24) is 0 Å². The SMILES string of the molecule is O=S(=O)(O)OC[C@H]1O[C@@H](O[C@H]2[C@H](O)[C@@H](O)C(O)O[C@@H]2COS(=O)(=O)O)[C@H](O)[C@@H](O)[C@H]1O. The van der Waals surface area contributed by atoms with Gasteiger partial charge in [0.25, 0.3) is 0 Å². The van der Waals surface area contributed by atoms with Crippen molar-refractivity contribution in [3.8, 4) is 0 Å². The van der Waals surface area contributed by atoms with Crippen LogP contribution in [0.25, 0.3) is 0 Å². The van der Waals surface area contributed by atoms with Gasteiger partial charge >= 0.3 is 20.8 Å². The maximum atomic E-state index is 10.8. The van der Waals surface area contributed by atoms with E-state index in [-0.39, 0.29) is 0 Å². The summed E-state index contributed by atoms with van der Waals surface area (Å²) < 4.78 is 83.5. The normalized spacial score (nSPS) is 42.5. The molecular weight excluding hydrogens is 480 g/mol. The van der Waals surface area contributed by atoms with E-state index in [9.17, 15) is 47.5 Å². The molecule has 31 heavy (non-hydrogen) atoms. The summed E-state index contributed by atoms with van der Waals surface area (Å²) in [6.07, 6.45) is -19.2. The van der Waals surface area contributed by atoms with Crippen molar-refractivity contribution in [1.29, 1.82) is 0 Å². The van der Waals surface area contributed by atoms with Crippen LogP contribution in [0.4, 0.5) is 0 Å². The number of aliphatic hydroxyl groups excluding tert-OH is 6. The quantitative estimate of drug-likeness (QED) is 0.143. The fourth-order valence-corrected chi connectivity index (χ4v) is 3.46. The predicted octanol–water partition coefficient (Wildman–Crippen LogP) is -5.74. The van der Waals surface area contributed by atoms with Crippen LogP contribution < -0.4 is 0 Å². The molecule has 2 heterocycles. The lowest BCUT2D eigenvalue weighted by atomic mass is 9.97. The molecule has 2 rings (SSSR count). The average molecular weight is 502 g/mol. The van der Waals surface area contributed by atoms with Gasteiger partial charge in [-0.05, 0) is 0 Å². The summed E-state index contributed by atoms with van der Waals surface area (Å²) in [5.41, 5.74) is 0. The van der Waals surface area contributed by atoms with Gasteiger partial charge in [0.05, 0.1) is 13.2 Å². The van der Waals surface area contributed by atoms with Gasteiger partial charge in [0.15, 0.2) is 12.6 Å². The molecule has 2 fully saturated rings. The molecule has 0 aromatic rings. The minimum Gasteiger partial charge on any atom is -0.387 e. The van der Waals surface area contributed by atoms with E-state index < -0.39 is 95.4 Å². The van der Waals surface area contributed by atoms with Crippen LogP contribution in [0.2, 0.25) is 0 Å². The number of rotatable bonds is 8. The summed E-state index contributed by atoms with van der Waals surface area (Å²) in [5.74, 6) is 0. The first-order chi connectivity index (χ1) is 14.1. The van der Waals surface area contributed by atoms with Crippen LogP contribution in [0.1, 0.15) is 0 Å². The molecule has 0 spiro atoms. The Hall–Kier alpha value is -0.620. The summed E-state index contributed by atoms with van der Waals surface area (Å²) in [7, 11) is -9.97. The number of hydrogen-bond acceptors (Lipinski definition) is 15. The van der Waals surface area contributed by atoms with Gasteiger partial charge in [0.2, 0.25) is 0 Å². The molecule has 10 atom stereocenters. The van der Waals surface area contributed by atoms with E-state index >= 15 is 0 Å². The molecule has 0 aromatic heterocycles. The molecule has 0 aromatic carbocycles. The fourth-order valence-electron chi connectivity index (χ4n) is 2.85.